The molecule has 1 fully saturated rings. The van der Waals surface area contributed by atoms with E-state index in [4.69, 9.17) is 22.9 Å². The van der Waals surface area contributed by atoms with E-state index in [9.17, 15) is 58.5 Å². The van der Waals surface area contributed by atoms with Gasteiger partial charge in [-0.1, -0.05) is 68.4 Å². The fourth-order valence-electron chi connectivity index (χ4n) is 8.70. The largest absolute Gasteiger partial charge is 0.508 e. The molecule has 0 aromatic heterocycles. The fourth-order valence-corrected chi connectivity index (χ4v) is 8.70. The smallest absolute Gasteiger partial charge is 0.326 e. The molecule has 0 aliphatic carbocycles. The molecule has 79 heavy (non-hydrogen) atoms. The topological polar surface area (TPSA) is 418 Å². The number of carbonyl (C=O) groups is 9. The SMILES string of the molecule is CC(C)C[C@H](NC(=O)[C@H](Cc1ccccc1)NC(=O)CNC(=O)CNC(=O)[C@@H](N)Cc1ccc(O)cc1)C(=O)N[C@@H](CCCN=C(N)N)C(=O)N[C@@H](CCCCN)C(=O)N[C@@H](Cc1ccc(O)cc1)C(=O)N1CCC[C@@H]1C(=O)O. The lowest BCUT2D eigenvalue weighted by Crippen LogP contribution is -2.60. The molecule has 0 bridgehead atoms. The molecule has 1 saturated heterocycles. The molecule has 7 atom stereocenters. The Labute approximate surface area is 458 Å². The Morgan fingerprint density at radius 1 is 0.608 bits per heavy atom. The number of nitrogens with two attached hydrogens (primary N) is 4. The van der Waals surface area contributed by atoms with Crippen LogP contribution in [-0.4, -0.2) is 154 Å². The molecule has 1 aliphatic heterocycles. The molecule has 430 valence electrons. The minimum Gasteiger partial charge on any atom is -0.508 e. The zero-order valence-electron chi connectivity index (χ0n) is 44.7. The van der Waals surface area contributed by atoms with Gasteiger partial charge in [-0.15, -0.1) is 0 Å². The molecule has 3 aromatic carbocycles. The number of rotatable bonds is 32. The number of phenolic OH excluding ortho intramolecular Hbond substituents is 2. The second-order valence-corrected chi connectivity index (χ2v) is 19.8. The average molecular weight is 1100 g/mol. The molecule has 4 rings (SSSR count). The first-order valence-electron chi connectivity index (χ1n) is 26.3. The first-order valence-corrected chi connectivity index (χ1v) is 26.3. The predicted octanol–water partition coefficient (Wildman–Crippen LogP) is -1.59. The third-order valence-electron chi connectivity index (χ3n) is 12.8. The molecule has 1 heterocycles. The number of carboxylic acid groups (broad SMARTS) is 1. The Hall–Kier alpha value is -8.32. The van der Waals surface area contributed by atoms with E-state index < -0.39 is 109 Å². The number of likely N-dealkylation sites (tertiary alicyclic amines) is 1. The van der Waals surface area contributed by atoms with E-state index >= 15 is 0 Å². The van der Waals surface area contributed by atoms with Crippen LogP contribution < -0.4 is 60.2 Å². The van der Waals surface area contributed by atoms with Crippen LogP contribution >= 0.6 is 0 Å². The Bertz CT molecular complexity index is 2550. The summed E-state index contributed by atoms with van der Waals surface area (Å²) in [5, 5.41) is 47.7. The number of guanidine groups is 1. The monoisotopic (exact) mass is 1100 g/mol. The van der Waals surface area contributed by atoms with E-state index in [0.29, 0.717) is 36.0 Å². The lowest BCUT2D eigenvalue weighted by Gasteiger charge is -2.30. The van der Waals surface area contributed by atoms with Crippen LogP contribution in [0.2, 0.25) is 0 Å². The molecule has 1 aliphatic rings. The third kappa shape index (κ3) is 22.3. The number of carboxylic acids is 1. The summed E-state index contributed by atoms with van der Waals surface area (Å²) in [7, 11) is 0. The number of aliphatic imine (C=N–C) groups is 1. The van der Waals surface area contributed by atoms with Crippen LogP contribution in [0.1, 0.15) is 81.9 Å². The van der Waals surface area contributed by atoms with Crippen molar-refractivity contribution in [2.75, 3.05) is 32.7 Å². The lowest BCUT2D eigenvalue weighted by molar-refractivity contribution is -0.149. The second kappa shape index (κ2) is 32.4. The van der Waals surface area contributed by atoms with Crippen LogP contribution in [0, 0.1) is 5.92 Å². The highest BCUT2D eigenvalue weighted by atomic mass is 16.4. The van der Waals surface area contributed by atoms with Gasteiger partial charge in [0, 0.05) is 25.9 Å². The van der Waals surface area contributed by atoms with Crippen LogP contribution in [0.15, 0.2) is 83.9 Å². The van der Waals surface area contributed by atoms with Gasteiger partial charge in [0.2, 0.25) is 47.3 Å². The van der Waals surface area contributed by atoms with Crippen molar-refractivity contribution in [3.8, 4) is 11.5 Å². The standard InChI is InChI=1S/C54H77N13O12/c1-32(2)26-41(65-51(76)42(28-33-10-4-3-5-11-33)62-46(71)31-60-45(70)30-61-47(72)38(56)27-34-15-19-36(68)20-16-34)50(75)64-40(13-8-24-59-54(57)58)48(73)63-39(12-6-7-23-55)49(74)66-43(29-35-17-21-37(69)22-18-35)52(77)67-25-9-14-44(67)53(78)79/h3-5,10-11,15-22,32,38-44,68-69H,6-9,12-14,23-31,55-56H2,1-2H3,(H,60,70)(H,61,72)(H,62,71)(H,63,73)(H,64,75)(H,65,76)(H,66,74)(H,78,79)(H4,57,58,59)/t38-,39-,40-,41-,42-,43-,44+/m0/s1. The highest BCUT2D eigenvalue weighted by Crippen LogP contribution is 2.21. The Kier molecular flexibility index (Phi) is 25.9. The number of unbranched alkanes of at least 4 members (excludes halogenated alkanes) is 1. The van der Waals surface area contributed by atoms with E-state index in [1.807, 2.05) is 0 Å². The zero-order chi connectivity index (χ0) is 58.0. The van der Waals surface area contributed by atoms with Crippen molar-refractivity contribution in [1.82, 2.24) is 42.1 Å². The molecule has 0 spiro atoms. The molecular weight excluding hydrogens is 1020 g/mol. The molecule has 25 heteroatoms. The summed E-state index contributed by atoms with van der Waals surface area (Å²) in [6.45, 7) is 2.96. The van der Waals surface area contributed by atoms with Crippen LogP contribution in [0.3, 0.4) is 0 Å². The maximum atomic E-state index is 14.4. The molecular formula is C54H77N13O12. The van der Waals surface area contributed by atoms with Gasteiger partial charge in [0.1, 0.15) is 47.8 Å². The van der Waals surface area contributed by atoms with Crippen molar-refractivity contribution >= 4 is 59.2 Å². The zero-order valence-corrected chi connectivity index (χ0v) is 44.7. The number of carbonyl (C=O) groups excluding carboxylic acids is 8. The van der Waals surface area contributed by atoms with Crippen LogP contribution in [0.5, 0.6) is 11.5 Å². The van der Waals surface area contributed by atoms with Crippen molar-refractivity contribution in [3.05, 3.63) is 95.6 Å². The van der Waals surface area contributed by atoms with Gasteiger partial charge in [0.05, 0.1) is 19.1 Å². The predicted molar refractivity (Wildman–Crippen MR) is 292 cm³/mol. The van der Waals surface area contributed by atoms with Gasteiger partial charge in [-0.2, -0.15) is 0 Å². The maximum absolute atomic E-state index is 14.4. The molecule has 0 saturated carbocycles. The molecule has 25 nitrogen and oxygen atoms in total. The number of aromatic hydroxyl groups is 2. The van der Waals surface area contributed by atoms with Gasteiger partial charge in [-0.25, -0.2) is 4.79 Å². The van der Waals surface area contributed by atoms with Gasteiger partial charge in [-0.3, -0.25) is 43.3 Å². The van der Waals surface area contributed by atoms with E-state index in [1.54, 1.807) is 68.4 Å². The molecule has 0 radical (unpaired) electrons. The van der Waals surface area contributed by atoms with E-state index in [0.717, 1.165) is 0 Å². The summed E-state index contributed by atoms with van der Waals surface area (Å²) in [6.07, 6.45) is 1.67. The van der Waals surface area contributed by atoms with Crippen LogP contribution in [0.25, 0.3) is 0 Å². The summed E-state index contributed by atoms with van der Waals surface area (Å²) >= 11 is 0. The number of benzene rings is 3. The highest BCUT2D eigenvalue weighted by molar-refractivity contribution is 5.97. The van der Waals surface area contributed by atoms with Crippen molar-refractivity contribution in [2.45, 2.75) is 127 Å². The van der Waals surface area contributed by atoms with Crippen molar-refractivity contribution in [2.24, 2.45) is 33.8 Å². The summed E-state index contributed by atoms with van der Waals surface area (Å²) in [5.74, 6) is -7.52. The van der Waals surface area contributed by atoms with Gasteiger partial charge in [0.15, 0.2) is 5.96 Å². The molecule has 8 amide bonds. The van der Waals surface area contributed by atoms with Crippen molar-refractivity contribution in [1.29, 1.82) is 0 Å². The number of nitrogens with zero attached hydrogens (tertiary/aromatic N) is 2. The van der Waals surface area contributed by atoms with Gasteiger partial charge < -0.3 is 80.4 Å². The number of hydrogen-bond donors (Lipinski definition) is 14. The number of aliphatic carboxylic acids is 1. The van der Waals surface area contributed by atoms with Crippen LogP contribution in [0.4, 0.5) is 0 Å². The Morgan fingerprint density at radius 2 is 1.11 bits per heavy atom. The number of amides is 8. The minimum absolute atomic E-state index is 0.0362. The Balaban J connectivity index is 1.51. The quantitative estimate of drug-likeness (QED) is 0.0190. The first-order chi connectivity index (χ1) is 37.6. The lowest BCUT2D eigenvalue weighted by atomic mass is 10.00. The molecule has 0 unspecified atom stereocenters. The van der Waals surface area contributed by atoms with E-state index in [-0.39, 0.29) is 94.4 Å². The third-order valence-corrected chi connectivity index (χ3v) is 12.8. The fraction of sp³-hybridized carbons (Fsp3) is 0.481. The number of phenols is 2. The van der Waals surface area contributed by atoms with E-state index in [2.05, 4.69) is 42.2 Å². The van der Waals surface area contributed by atoms with E-state index in [1.165, 1.54) is 29.2 Å². The number of hydrogen-bond acceptors (Lipinski definition) is 14. The molecule has 18 N–H and O–H groups in total. The van der Waals surface area contributed by atoms with Gasteiger partial charge >= 0.3 is 5.97 Å². The summed E-state index contributed by atoms with van der Waals surface area (Å²) in [5.41, 5.74) is 24.8. The van der Waals surface area contributed by atoms with Gasteiger partial charge in [-0.05, 0) is 111 Å². The van der Waals surface area contributed by atoms with Gasteiger partial charge in [0.25, 0.3) is 0 Å². The first kappa shape index (κ1) is 63.2. The van der Waals surface area contributed by atoms with Crippen LogP contribution in [-0.2, 0) is 62.4 Å². The Morgan fingerprint density at radius 3 is 1.68 bits per heavy atom. The minimum atomic E-state index is -1.35. The highest BCUT2D eigenvalue weighted by Gasteiger charge is 2.39. The average Bonchev–Trinajstić information content (AvgIpc) is 3.91. The summed E-state index contributed by atoms with van der Waals surface area (Å²) in [6, 6.07) is 12.1. The second-order valence-electron chi connectivity index (χ2n) is 19.8. The van der Waals surface area contributed by atoms with Crippen molar-refractivity contribution in [3.63, 3.8) is 0 Å². The summed E-state index contributed by atoms with van der Waals surface area (Å²) < 4.78 is 0. The molecule has 3 aromatic rings. The maximum Gasteiger partial charge on any atom is 0.326 e. The normalized spacial score (nSPS) is 15.2. The summed E-state index contributed by atoms with van der Waals surface area (Å²) in [4.78, 5) is 127. The number of nitrogens with one attached hydrogen (secondary N) is 7. The van der Waals surface area contributed by atoms with Crippen molar-refractivity contribution < 1.29 is 58.5 Å².